The van der Waals surface area contributed by atoms with Crippen molar-refractivity contribution >= 4 is 5.97 Å². The normalized spacial score (nSPS) is 11.8. The summed E-state index contributed by atoms with van der Waals surface area (Å²) < 4.78 is 0. The van der Waals surface area contributed by atoms with Gasteiger partial charge in [0.05, 0.1) is 0 Å². The van der Waals surface area contributed by atoms with E-state index in [1.165, 1.54) is 64.2 Å². The van der Waals surface area contributed by atoms with E-state index in [9.17, 15) is 9.90 Å². The average molecular weight is 353 g/mol. The number of aliphatic hydroxyl groups excluding tert-OH is 1. The van der Waals surface area contributed by atoms with Crippen molar-refractivity contribution in [2.75, 3.05) is 0 Å². The van der Waals surface area contributed by atoms with E-state index in [0.29, 0.717) is 6.42 Å². The molecule has 0 saturated heterocycles. The molecule has 0 aliphatic carbocycles. The first-order valence-electron chi connectivity index (χ1n) is 10.5. The fraction of sp³-hybridized carbons (Fsp3) is 0.864. The molecule has 146 valence electrons. The summed E-state index contributed by atoms with van der Waals surface area (Å²) >= 11 is 0. The van der Waals surface area contributed by atoms with Crippen molar-refractivity contribution in [2.24, 2.45) is 0 Å². The zero-order valence-electron chi connectivity index (χ0n) is 16.4. The molecule has 1 atom stereocenters. The fourth-order valence-corrected chi connectivity index (χ4v) is 2.93. The van der Waals surface area contributed by atoms with Crippen LogP contribution in [0.5, 0.6) is 0 Å². The Hall–Kier alpha value is -1.01. The van der Waals surface area contributed by atoms with Crippen molar-refractivity contribution in [2.45, 2.75) is 122 Å². The van der Waals surface area contributed by atoms with Crippen LogP contribution in [-0.2, 0) is 4.79 Å². The third kappa shape index (κ3) is 20.9. The van der Waals surface area contributed by atoms with Crippen molar-refractivity contribution in [3.63, 3.8) is 0 Å². The largest absolute Gasteiger partial charge is 0.481 e. The highest BCUT2D eigenvalue weighted by Gasteiger charge is 1.98. The molecule has 0 aromatic heterocycles. The number of carboxylic acids is 1. The quantitative estimate of drug-likeness (QED) is 0.246. The number of rotatable bonds is 17. The van der Waals surface area contributed by atoms with Crippen LogP contribution in [0.1, 0.15) is 116 Å². The molecule has 0 saturated carbocycles. The molecule has 25 heavy (non-hydrogen) atoms. The van der Waals surface area contributed by atoms with Gasteiger partial charge in [-0.1, -0.05) is 83.5 Å². The molecule has 1 unspecified atom stereocenters. The van der Waals surface area contributed by atoms with Gasteiger partial charge in [-0.15, -0.1) is 5.92 Å². The molecule has 0 rings (SSSR count). The van der Waals surface area contributed by atoms with Crippen LogP contribution >= 0.6 is 0 Å². The minimum atomic E-state index is -0.672. The van der Waals surface area contributed by atoms with Gasteiger partial charge in [-0.05, 0) is 25.7 Å². The van der Waals surface area contributed by atoms with Crippen LogP contribution in [0.2, 0.25) is 0 Å². The molecule has 0 aliphatic heterocycles. The molecule has 0 radical (unpaired) electrons. The van der Waals surface area contributed by atoms with Crippen LogP contribution in [0, 0.1) is 11.8 Å². The predicted octanol–water partition coefficient (Wildman–Crippen LogP) is 6.09. The van der Waals surface area contributed by atoms with Gasteiger partial charge in [0.1, 0.15) is 6.10 Å². The van der Waals surface area contributed by atoms with Gasteiger partial charge in [-0.25, -0.2) is 0 Å². The maximum atomic E-state index is 10.4. The maximum absolute atomic E-state index is 10.4. The van der Waals surface area contributed by atoms with Gasteiger partial charge in [-0.2, -0.15) is 0 Å². The molecule has 0 aromatic carbocycles. The number of hydrogen-bond donors (Lipinski definition) is 2. The second-order valence-corrected chi connectivity index (χ2v) is 7.12. The monoisotopic (exact) mass is 352 g/mol. The van der Waals surface area contributed by atoms with Crippen LogP contribution in [0.15, 0.2) is 0 Å². The lowest BCUT2D eigenvalue weighted by Crippen LogP contribution is -2.01. The summed E-state index contributed by atoms with van der Waals surface area (Å²) in [5, 5.41) is 18.2. The van der Waals surface area contributed by atoms with E-state index in [1.807, 2.05) is 0 Å². The Morgan fingerprint density at radius 2 is 1.32 bits per heavy atom. The van der Waals surface area contributed by atoms with Crippen molar-refractivity contribution in [3.05, 3.63) is 0 Å². The summed E-state index contributed by atoms with van der Waals surface area (Å²) in [5.41, 5.74) is 0. The van der Waals surface area contributed by atoms with E-state index < -0.39 is 12.1 Å². The molecule has 3 heteroatoms. The standard InChI is InChI=1S/C22H40O3/c1-2-3-15-18-21(23)19-16-13-11-9-7-5-4-6-8-10-12-14-17-20-22(24)25/h21,23H,2-15,17-18,20H2,1H3,(H,24,25). The molecule has 0 bridgehead atoms. The lowest BCUT2D eigenvalue weighted by molar-refractivity contribution is -0.137. The molecule has 0 spiro atoms. The van der Waals surface area contributed by atoms with Gasteiger partial charge >= 0.3 is 5.97 Å². The summed E-state index contributed by atoms with van der Waals surface area (Å²) in [6.07, 6.45) is 18.3. The number of aliphatic hydroxyl groups is 1. The zero-order chi connectivity index (χ0) is 18.6. The first kappa shape index (κ1) is 24.0. The lowest BCUT2D eigenvalue weighted by Gasteiger charge is -2.02. The second kappa shape index (κ2) is 19.3. The molecule has 2 N–H and O–H groups in total. The Bertz CT molecular complexity index is 354. The van der Waals surface area contributed by atoms with E-state index in [1.54, 1.807) is 0 Å². The van der Waals surface area contributed by atoms with E-state index in [2.05, 4.69) is 18.8 Å². The van der Waals surface area contributed by atoms with Gasteiger partial charge in [0.25, 0.3) is 0 Å². The van der Waals surface area contributed by atoms with E-state index >= 15 is 0 Å². The van der Waals surface area contributed by atoms with Crippen LogP contribution < -0.4 is 0 Å². The van der Waals surface area contributed by atoms with Crippen LogP contribution in [0.3, 0.4) is 0 Å². The molecular formula is C22H40O3. The van der Waals surface area contributed by atoms with E-state index in [4.69, 9.17) is 5.11 Å². The number of hydrogen-bond acceptors (Lipinski definition) is 2. The van der Waals surface area contributed by atoms with Gasteiger partial charge in [0.15, 0.2) is 0 Å². The minimum Gasteiger partial charge on any atom is -0.481 e. The highest BCUT2D eigenvalue weighted by atomic mass is 16.4. The van der Waals surface area contributed by atoms with Gasteiger partial charge in [0, 0.05) is 12.8 Å². The summed E-state index contributed by atoms with van der Waals surface area (Å²) in [4.78, 5) is 10.4. The van der Waals surface area contributed by atoms with Gasteiger partial charge in [-0.3, -0.25) is 4.79 Å². The highest BCUT2D eigenvalue weighted by molar-refractivity contribution is 5.66. The number of carboxylic acid groups (broad SMARTS) is 1. The van der Waals surface area contributed by atoms with Gasteiger partial charge < -0.3 is 10.2 Å². The van der Waals surface area contributed by atoms with Crippen LogP contribution in [-0.4, -0.2) is 22.3 Å². The topological polar surface area (TPSA) is 57.5 Å². The Kier molecular flexibility index (Phi) is 18.5. The molecule has 0 fully saturated rings. The molecule has 0 aromatic rings. The third-order valence-corrected chi connectivity index (χ3v) is 4.54. The van der Waals surface area contributed by atoms with Crippen molar-refractivity contribution in [3.8, 4) is 11.8 Å². The fourth-order valence-electron chi connectivity index (χ4n) is 2.93. The molecule has 3 nitrogen and oxygen atoms in total. The summed E-state index contributed by atoms with van der Waals surface area (Å²) in [5.74, 6) is 5.41. The van der Waals surface area contributed by atoms with E-state index in [-0.39, 0.29) is 0 Å². The minimum absolute atomic E-state index is 0.322. The summed E-state index contributed by atoms with van der Waals surface area (Å²) in [6, 6.07) is 0. The Balaban J connectivity index is 3.20. The number of aliphatic carboxylic acids is 1. The Labute approximate surface area is 155 Å². The first-order valence-corrected chi connectivity index (χ1v) is 10.5. The van der Waals surface area contributed by atoms with Crippen LogP contribution in [0.25, 0.3) is 0 Å². The second-order valence-electron chi connectivity index (χ2n) is 7.12. The van der Waals surface area contributed by atoms with Crippen molar-refractivity contribution < 1.29 is 15.0 Å². The van der Waals surface area contributed by atoms with Crippen molar-refractivity contribution in [1.82, 2.24) is 0 Å². The summed E-state index contributed by atoms with van der Waals surface area (Å²) in [6.45, 7) is 2.17. The smallest absolute Gasteiger partial charge is 0.303 e. The van der Waals surface area contributed by atoms with Crippen molar-refractivity contribution in [1.29, 1.82) is 0 Å². The highest BCUT2D eigenvalue weighted by Crippen LogP contribution is 2.12. The molecular weight excluding hydrogens is 312 g/mol. The predicted molar refractivity (Wildman–Crippen MR) is 106 cm³/mol. The Morgan fingerprint density at radius 3 is 1.84 bits per heavy atom. The Morgan fingerprint density at radius 1 is 0.800 bits per heavy atom. The zero-order valence-corrected chi connectivity index (χ0v) is 16.4. The summed E-state index contributed by atoms with van der Waals surface area (Å²) in [7, 11) is 0. The number of unbranched alkanes of at least 4 members (excludes halogenated alkanes) is 13. The first-order chi connectivity index (χ1) is 12.2. The molecule has 0 amide bonds. The third-order valence-electron chi connectivity index (χ3n) is 4.54. The number of carbonyl (C=O) groups is 1. The SMILES string of the molecule is CCCCCC(O)C#CCCCCCCCCCCCCCC(=O)O. The van der Waals surface area contributed by atoms with Gasteiger partial charge in [0.2, 0.25) is 0 Å². The maximum Gasteiger partial charge on any atom is 0.303 e. The van der Waals surface area contributed by atoms with E-state index in [0.717, 1.165) is 38.5 Å². The molecule has 0 aliphatic rings. The lowest BCUT2D eigenvalue weighted by atomic mass is 10.0. The average Bonchev–Trinajstić information content (AvgIpc) is 2.58. The van der Waals surface area contributed by atoms with Crippen LogP contribution in [0.4, 0.5) is 0 Å². The molecule has 0 heterocycles.